The number of hydrogen-bond acceptors (Lipinski definition) is 3. The van der Waals surface area contributed by atoms with E-state index in [1.54, 1.807) is 0 Å². The van der Waals surface area contributed by atoms with Crippen molar-refractivity contribution in [1.29, 1.82) is 0 Å². The molecule has 19 heavy (non-hydrogen) atoms. The highest BCUT2D eigenvalue weighted by molar-refractivity contribution is 5.11. The maximum absolute atomic E-state index is 5.52. The summed E-state index contributed by atoms with van der Waals surface area (Å²) >= 11 is 0. The predicted octanol–water partition coefficient (Wildman–Crippen LogP) is 3.33. The Bertz CT molecular complexity index is 327. The van der Waals surface area contributed by atoms with Crippen LogP contribution in [0, 0.1) is 0 Å². The fourth-order valence-corrected chi connectivity index (χ4v) is 1.75. The highest BCUT2D eigenvalue weighted by Gasteiger charge is 2.13. The molecule has 1 aromatic rings. The molecule has 108 valence electrons. The molecule has 3 rings (SSSR count). The minimum absolute atomic E-state index is 0.536. The van der Waals surface area contributed by atoms with Crippen LogP contribution in [0.2, 0.25) is 0 Å². The Balaban J connectivity index is 0.000000253. The summed E-state index contributed by atoms with van der Waals surface area (Å²) in [4.78, 5) is 6.84. The minimum Gasteiger partial charge on any atom is -0.325 e. The van der Waals surface area contributed by atoms with Gasteiger partial charge in [0.2, 0.25) is 0 Å². The van der Waals surface area contributed by atoms with Crippen molar-refractivity contribution < 1.29 is 0 Å². The van der Waals surface area contributed by atoms with Crippen LogP contribution in [0.4, 0.5) is 0 Å². The minimum atomic E-state index is 0.536. The van der Waals surface area contributed by atoms with Crippen molar-refractivity contribution in [2.24, 2.45) is 5.73 Å². The SMILES string of the molecule is C1CCC1.CC.NCc1cccc(CN2CCC2)n1. The summed E-state index contributed by atoms with van der Waals surface area (Å²) in [6.07, 6.45) is 7.33. The molecule has 2 N–H and O–H groups in total. The highest BCUT2D eigenvalue weighted by Crippen LogP contribution is 2.15. The van der Waals surface area contributed by atoms with Gasteiger partial charge in [-0.2, -0.15) is 0 Å². The van der Waals surface area contributed by atoms with Gasteiger partial charge in [0.25, 0.3) is 0 Å². The van der Waals surface area contributed by atoms with Crippen LogP contribution in [0.1, 0.15) is 57.3 Å². The third kappa shape index (κ3) is 6.17. The Morgan fingerprint density at radius 3 is 2.00 bits per heavy atom. The first-order chi connectivity index (χ1) is 9.38. The molecule has 0 atom stereocenters. The zero-order valence-electron chi connectivity index (χ0n) is 12.6. The molecule has 1 aromatic heterocycles. The Labute approximate surface area is 118 Å². The van der Waals surface area contributed by atoms with Gasteiger partial charge in [-0.3, -0.25) is 9.88 Å². The number of hydrogen-bond donors (Lipinski definition) is 1. The van der Waals surface area contributed by atoms with Crippen molar-refractivity contribution in [1.82, 2.24) is 9.88 Å². The van der Waals surface area contributed by atoms with E-state index in [2.05, 4.69) is 16.0 Å². The van der Waals surface area contributed by atoms with E-state index in [4.69, 9.17) is 5.73 Å². The largest absolute Gasteiger partial charge is 0.325 e. The third-order valence-electron chi connectivity index (χ3n) is 3.41. The number of likely N-dealkylation sites (tertiary alicyclic amines) is 1. The van der Waals surface area contributed by atoms with Crippen LogP contribution in [0.3, 0.4) is 0 Å². The van der Waals surface area contributed by atoms with Gasteiger partial charge in [0, 0.05) is 13.1 Å². The van der Waals surface area contributed by atoms with E-state index in [0.29, 0.717) is 6.54 Å². The summed E-state index contributed by atoms with van der Waals surface area (Å²) < 4.78 is 0. The van der Waals surface area contributed by atoms with Crippen molar-refractivity contribution >= 4 is 0 Å². The van der Waals surface area contributed by atoms with Gasteiger partial charge in [0.05, 0.1) is 11.4 Å². The number of pyridine rings is 1. The van der Waals surface area contributed by atoms with Gasteiger partial charge in [0.1, 0.15) is 0 Å². The average Bonchev–Trinajstić information content (AvgIpc) is 2.35. The van der Waals surface area contributed by atoms with Crippen LogP contribution in [0.25, 0.3) is 0 Å². The average molecular weight is 263 g/mol. The molecule has 1 saturated carbocycles. The summed E-state index contributed by atoms with van der Waals surface area (Å²) in [5.74, 6) is 0. The van der Waals surface area contributed by atoms with Gasteiger partial charge >= 0.3 is 0 Å². The normalized spacial score (nSPS) is 17.0. The third-order valence-corrected chi connectivity index (χ3v) is 3.41. The molecule has 2 fully saturated rings. The summed E-state index contributed by atoms with van der Waals surface area (Å²) in [7, 11) is 0. The summed E-state index contributed by atoms with van der Waals surface area (Å²) in [5.41, 5.74) is 7.65. The molecule has 1 aliphatic carbocycles. The summed E-state index contributed by atoms with van der Waals surface area (Å²) in [6.45, 7) is 7.95. The lowest BCUT2D eigenvalue weighted by molar-refractivity contribution is 0.170. The predicted molar refractivity (Wildman–Crippen MR) is 81.8 cm³/mol. The Kier molecular flexibility index (Phi) is 8.43. The maximum atomic E-state index is 5.52. The molecule has 2 heterocycles. The molecule has 0 bridgehead atoms. The van der Waals surface area contributed by atoms with E-state index in [-0.39, 0.29) is 0 Å². The summed E-state index contributed by atoms with van der Waals surface area (Å²) in [5, 5.41) is 0. The lowest BCUT2D eigenvalue weighted by atomic mass is 10.0. The standard InChI is InChI=1S/C10H15N3.C4H8.C2H6/c11-7-9-3-1-4-10(12-9)8-13-5-2-6-13;1-2-4-3-1;1-2/h1,3-4H,2,5-8,11H2;1-4H2;1-2H3. The van der Waals surface area contributed by atoms with Crippen molar-refractivity contribution in [3.8, 4) is 0 Å². The topological polar surface area (TPSA) is 42.1 Å². The molecule has 1 aliphatic heterocycles. The number of nitrogens with zero attached hydrogens (tertiary/aromatic N) is 2. The van der Waals surface area contributed by atoms with Gasteiger partial charge in [-0.05, 0) is 31.6 Å². The van der Waals surface area contributed by atoms with E-state index >= 15 is 0 Å². The van der Waals surface area contributed by atoms with Gasteiger partial charge in [-0.15, -0.1) is 0 Å². The second-order valence-electron chi connectivity index (χ2n) is 4.87. The molecule has 2 aliphatic rings. The molecular formula is C16H29N3. The monoisotopic (exact) mass is 263 g/mol. The Hall–Kier alpha value is -0.930. The van der Waals surface area contributed by atoms with Crippen molar-refractivity contribution in [3.63, 3.8) is 0 Å². The lowest BCUT2D eigenvalue weighted by Crippen LogP contribution is -2.36. The second kappa shape index (κ2) is 9.93. The van der Waals surface area contributed by atoms with Crippen LogP contribution >= 0.6 is 0 Å². The maximum Gasteiger partial charge on any atom is 0.0547 e. The molecule has 0 radical (unpaired) electrons. The van der Waals surface area contributed by atoms with E-state index in [1.807, 2.05) is 26.0 Å². The van der Waals surface area contributed by atoms with E-state index in [1.165, 1.54) is 45.2 Å². The molecule has 3 heteroatoms. The summed E-state index contributed by atoms with van der Waals surface area (Å²) in [6, 6.07) is 6.07. The molecule has 0 spiro atoms. The first kappa shape index (κ1) is 16.1. The van der Waals surface area contributed by atoms with Crippen molar-refractivity contribution in [2.45, 2.75) is 59.0 Å². The quantitative estimate of drug-likeness (QED) is 0.909. The Morgan fingerprint density at radius 2 is 1.58 bits per heavy atom. The molecule has 0 aromatic carbocycles. The van der Waals surface area contributed by atoms with Crippen LogP contribution in [0.5, 0.6) is 0 Å². The van der Waals surface area contributed by atoms with Crippen LogP contribution in [0.15, 0.2) is 18.2 Å². The number of aromatic nitrogens is 1. The first-order valence-electron chi connectivity index (χ1n) is 7.76. The van der Waals surface area contributed by atoms with E-state index < -0.39 is 0 Å². The van der Waals surface area contributed by atoms with Crippen LogP contribution in [-0.4, -0.2) is 23.0 Å². The van der Waals surface area contributed by atoms with Crippen LogP contribution in [-0.2, 0) is 13.1 Å². The molecular weight excluding hydrogens is 234 g/mol. The zero-order chi connectivity index (χ0) is 13.9. The van der Waals surface area contributed by atoms with Crippen molar-refractivity contribution in [3.05, 3.63) is 29.6 Å². The molecule has 1 saturated heterocycles. The van der Waals surface area contributed by atoms with Gasteiger partial charge in [0.15, 0.2) is 0 Å². The van der Waals surface area contributed by atoms with Crippen molar-refractivity contribution in [2.75, 3.05) is 13.1 Å². The van der Waals surface area contributed by atoms with E-state index in [9.17, 15) is 0 Å². The molecule has 0 amide bonds. The highest BCUT2D eigenvalue weighted by atomic mass is 15.2. The fraction of sp³-hybridized carbons (Fsp3) is 0.688. The fourth-order valence-electron chi connectivity index (χ4n) is 1.75. The van der Waals surface area contributed by atoms with E-state index in [0.717, 1.165) is 17.9 Å². The number of nitrogens with two attached hydrogens (primary N) is 1. The number of rotatable bonds is 3. The second-order valence-corrected chi connectivity index (χ2v) is 4.87. The van der Waals surface area contributed by atoms with Gasteiger partial charge < -0.3 is 5.73 Å². The molecule has 0 unspecified atom stereocenters. The van der Waals surface area contributed by atoms with Gasteiger partial charge in [-0.1, -0.05) is 45.6 Å². The van der Waals surface area contributed by atoms with Crippen LogP contribution < -0.4 is 5.73 Å². The zero-order valence-corrected chi connectivity index (χ0v) is 12.6. The van der Waals surface area contributed by atoms with Gasteiger partial charge in [-0.25, -0.2) is 0 Å². The smallest absolute Gasteiger partial charge is 0.0547 e. The lowest BCUT2D eigenvalue weighted by Gasteiger charge is -2.30. The molecule has 3 nitrogen and oxygen atoms in total. The first-order valence-corrected chi connectivity index (χ1v) is 7.76. The Morgan fingerprint density at radius 1 is 1.00 bits per heavy atom.